The standard InChI is InChI=1S/C12H14FNO2S/c1-12(5-2-6-17-12)11(16)14-8-3-4-10(15)9(13)7-8/h3-4,7,15H,2,5-6H2,1H3,(H,14,16). The van der Waals surface area contributed by atoms with Crippen LogP contribution in [-0.2, 0) is 4.79 Å². The van der Waals surface area contributed by atoms with Crippen molar-refractivity contribution in [1.29, 1.82) is 0 Å². The van der Waals surface area contributed by atoms with E-state index in [-0.39, 0.29) is 5.91 Å². The molecule has 1 atom stereocenters. The fourth-order valence-corrected chi connectivity index (χ4v) is 3.02. The molecule has 1 aromatic rings. The van der Waals surface area contributed by atoms with Crippen LogP contribution in [0, 0.1) is 5.82 Å². The number of carbonyl (C=O) groups excluding carboxylic acids is 1. The van der Waals surface area contributed by atoms with Crippen molar-refractivity contribution in [3.05, 3.63) is 24.0 Å². The Morgan fingerprint density at radius 2 is 2.35 bits per heavy atom. The largest absolute Gasteiger partial charge is 0.505 e. The molecule has 3 nitrogen and oxygen atoms in total. The average molecular weight is 255 g/mol. The van der Waals surface area contributed by atoms with E-state index in [0.29, 0.717) is 5.69 Å². The molecule has 17 heavy (non-hydrogen) atoms. The highest BCUT2D eigenvalue weighted by Gasteiger charge is 2.37. The molecule has 1 aliphatic rings. The first-order valence-electron chi connectivity index (χ1n) is 5.45. The molecule has 0 aromatic heterocycles. The molecule has 0 spiro atoms. The number of halogens is 1. The maximum absolute atomic E-state index is 13.1. The Bertz CT molecular complexity index is 444. The van der Waals surface area contributed by atoms with Crippen LogP contribution in [0.25, 0.3) is 0 Å². The lowest BCUT2D eigenvalue weighted by atomic mass is 10.0. The van der Waals surface area contributed by atoms with E-state index >= 15 is 0 Å². The van der Waals surface area contributed by atoms with Crippen molar-refractivity contribution >= 4 is 23.4 Å². The molecule has 92 valence electrons. The molecule has 1 amide bonds. The highest BCUT2D eigenvalue weighted by Crippen LogP contribution is 2.38. The van der Waals surface area contributed by atoms with Gasteiger partial charge in [0.15, 0.2) is 11.6 Å². The van der Waals surface area contributed by atoms with E-state index in [4.69, 9.17) is 5.11 Å². The van der Waals surface area contributed by atoms with Gasteiger partial charge >= 0.3 is 0 Å². The van der Waals surface area contributed by atoms with E-state index in [9.17, 15) is 9.18 Å². The number of thioether (sulfide) groups is 1. The van der Waals surface area contributed by atoms with Gasteiger partial charge in [-0.15, -0.1) is 11.8 Å². The number of rotatable bonds is 2. The highest BCUT2D eigenvalue weighted by atomic mass is 32.2. The predicted octanol–water partition coefficient (Wildman–Crippen LogP) is 2.76. The summed E-state index contributed by atoms with van der Waals surface area (Å²) in [7, 11) is 0. The second-order valence-electron chi connectivity index (χ2n) is 4.30. The second-order valence-corrected chi connectivity index (χ2v) is 5.90. The molecule has 1 saturated heterocycles. The average Bonchev–Trinajstić information content (AvgIpc) is 2.72. The first kappa shape index (κ1) is 12.2. The van der Waals surface area contributed by atoms with Gasteiger partial charge < -0.3 is 10.4 Å². The number of hydrogen-bond donors (Lipinski definition) is 2. The molecule has 1 aromatic carbocycles. The number of anilines is 1. The molecule has 1 heterocycles. The summed E-state index contributed by atoms with van der Waals surface area (Å²) in [4.78, 5) is 12.0. The van der Waals surface area contributed by atoms with Crippen LogP contribution < -0.4 is 5.32 Å². The summed E-state index contributed by atoms with van der Waals surface area (Å²) in [6.07, 6.45) is 1.86. The van der Waals surface area contributed by atoms with Gasteiger partial charge in [0.05, 0.1) is 4.75 Å². The van der Waals surface area contributed by atoms with E-state index in [1.165, 1.54) is 12.1 Å². The van der Waals surface area contributed by atoms with E-state index in [0.717, 1.165) is 24.7 Å². The van der Waals surface area contributed by atoms with Crippen molar-refractivity contribution in [3.63, 3.8) is 0 Å². The molecule has 5 heteroatoms. The van der Waals surface area contributed by atoms with Crippen LogP contribution in [0.2, 0.25) is 0 Å². The van der Waals surface area contributed by atoms with Gasteiger partial charge in [-0.1, -0.05) is 0 Å². The van der Waals surface area contributed by atoms with Crippen LogP contribution in [0.5, 0.6) is 5.75 Å². The minimum atomic E-state index is -0.730. The van der Waals surface area contributed by atoms with Crippen LogP contribution in [0.4, 0.5) is 10.1 Å². The number of phenolic OH excluding ortho intramolecular Hbond substituents is 1. The molecule has 2 N–H and O–H groups in total. The Hall–Kier alpha value is -1.23. The molecule has 1 unspecified atom stereocenters. The summed E-state index contributed by atoms with van der Waals surface area (Å²) in [5, 5.41) is 11.7. The van der Waals surface area contributed by atoms with Crippen LogP contribution >= 0.6 is 11.8 Å². The number of carbonyl (C=O) groups is 1. The summed E-state index contributed by atoms with van der Waals surface area (Å²) in [5.74, 6) is -0.269. The lowest BCUT2D eigenvalue weighted by Gasteiger charge is -2.21. The number of hydrogen-bond acceptors (Lipinski definition) is 3. The van der Waals surface area contributed by atoms with Crippen molar-refractivity contribution in [2.24, 2.45) is 0 Å². The van der Waals surface area contributed by atoms with E-state index < -0.39 is 16.3 Å². The molecular weight excluding hydrogens is 241 g/mol. The van der Waals surface area contributed by atoms with E-state index in [2.05, 4.69) is 5.32 Å². The third-order valence-corrected chi connectivity index (χ3v) is 4.42. The number of benzene rings is 1. The molecule has 0 saturated carbocycles. The summed E-state index contributed by atoms with van der Waals surface area (Å²) in [5.41, 5.74) is 0.374. The van der Waals surface area contributed by atoms with Gasteiger partial charge in [0.25, 0.3) is 0 Å². The molecule has 0 aliphatic carbocycles. The van der Waals surface area contributed by atoms with Crippen LogP contribution in [0.3, 0.4) is 0 Å². The monoisotopic (exact) mass is 255 g/mol. The quantitative estimate of drug-likeness (QED) is 0.799. The summed E-state index contributed by atoms with van der Waals surface area (Å²) in [6, 6.07) is 3.84. The van der Waals surface area contributed by atoms with Gasteiger partial charge in [-0.25, -0.2) is 4.39 Å². The molecule has 0 bridgehead atoms. The third kappa shape index (κ3) is 2.54. The minimum Gasteiger partial charge on any atom is -0.505 e. The summed E-state index contributed by atoms with van der Waals surface area (Å²) < 4.78 is 12.7. The van der Waals surface area contributed by atoms with E-state index in [1.54, 1.807) is 11.8 Å². The van der Waals surface area contributed by atoms with E-state index in [1.807, 2.05) is 6.92 Å². The van der Waals surface area contributed by atoms with Gasteiger partial charge in [-0.3, -0.25) is 4.79 Å². The molecular formula is C12H14FNO2S. The maximum Gasteiger partial charge on any atom is 0.240 e. The molecule has 1 aliphatic heterocycles. The molecule has 2 rings (SSSR count). The highest BCUT2D eigenvalue weighted by molar-refractivity contribution is 8.01. The number of amides is 1. The smallest absolute Gasteiger partial charge is 0.240 e. The Kier molecular flexibility index (Phi) is 3.28. The van der Waals surface area contributed by atoms with Gasteiger partial charge in [0.2, 0.25) is 5.91 Å². The predicted molar refractivity (Wildman–Crippen MR) is 66.8 cm³/mol. The zero-order valence-corrected chi connectivity index (χ0v) is 10.3. The number of phenols is 1. The Balaban J connectivity index is 2.10. The van der Waals surface area contributed by atoms with Crippen LogP contribution in [0.1, 0.15) is 19.8 Å². The molecule has 0 radical (unpaired) electrons. The van der Waals surface area contributed by atoms with Crippen LogP contribution in [0.15, 0.2) is 18.2 Å². The van der Waals surface area contributed by atoms with Gasteiger partial charge in [-0.05, 0) is 37.7 Å². The van der Waals surface area contributed by atoms with Crippen molar-refractivity contribution in [3.8, 4) is 5.75 Å². The Morgan fingerprint density at radius 1 is 1.59 bits per heavy atom. The van der Waals surface area contributed by atoms with Gasteiger partial charge in [0.1, 0.15) is 0 Å². The first-order valence-corrected chi connectivity index (χ1v) is 6.44. The normalized spacial score (nSPS) is 23.6. The van der Waals surface area contributed by atoms with Gasteiger partial charge in [0, 0.05) is 11.8 Å². The van der Waals surface area contributed by atoms with Gasteiger partial charge in [-0.2, -0.15) is 0 Å². The minimum absolute atomic E-state index is 0.106. The lowest BCUT2D eigenvalue weighted by molar-refractivity contribution is -0.118. The Labute approximate surface area is 103 Å². The fourth-order valence-electron chi connectivity index (χ4n) is 1.81. The second kappa shape index (κ2) is 4.56. The SMILES string of the molecule is CC1(C(=O)Nc2ccc(O)c(F)c2)CCCS1. The fraction of sp³-hybridized carbons (Fsp3) is 0.417. The topological polar surface area (TPSA) is 49.3 Å². The third-order valence-electron chi connectivity index (χ3n) is 2.90. The summed E-state index contributed by atoms with van der Waals surface area (Å²) in [6.45, 7) is 1.90. The van der Waals surface area contributed by atoms with Crippen molar-refractivity contribution < 1.29 is 14.3 Å². The first-order chi connectivity index (χ1) is 8.01. The van der Waals surface area contributed by atoms with Crippen molar-refractivity contribution in [2.75, 3.05) is 11.1 Å². The number of nitrogens with one attached hydrogen (secondary N) is 1. The Morgan fingerprint density at radius 3 is 2.94 bits per heavy atom. The molecule has 1 fully saturated rings. The maximum atomic E-state index is 13.1. The van der Waals surface area contributed by atoms with Crippen LogP contribution in [-0.4, -0.2) is 21.5 Å². The number of aromatic hydroxyl groups is 1. The zero-order chi connectivity index (χ0) is 12.5. The van der Waals surface area contributed by atoms with Crippen molar-refractivity contribution in [2.45, 2.75) is 24.5 Å². The van der Waals surface area contributed by atoms with Crippen molar-refractivity contribution in [1.82, 2.24) is 0 Å². The summed E-state index contributed by atoms with van der Waals surface area (Å²) >= 11 is 1.62. The lowest BCUT2D eigenvalue weighted by Crippen LogP contribution is -2.34. The zero-order valence-electron chi connectivity index (χ0n) is 9.50.